The monoisotopic (exact) mass is 383 g/mol. The molecule has 0 radical (unpaired) electrons. The van der Waals surface area contributed by atoms with Crippen LogP contribution in [0, 0.1) is 0 Å². The second-order valence-electron chi connectivity index (χ2n) is 6.00. The molecule has 0 unspecified atom stereocenters. The molecule has 1 N–H and O–H groups in total. The first-order valence-corrected chi connectivity index (χ1v) is 9.92. The Morgan fingerprint density at radius 3 is 2.80 bits per heavy atom. The number of ether oxygens (including phenoxy) is 1. The van der Waals surface area contributed by atoms with E-state index < -0.39 is 9.84 Å². The van der Waals surface area contributed by atoms with Crippen LogP contribution in [0.5, 0.6) is 5.75 Å². The Morgan fingerprint density at radius 1 is 1.40 bits per heavy atom. The number of nitrogens with zero attached hydrogens (tertiary/aromatic N) is 2. The average molecular weight is 384 g/mol. The van der Waals surface area contributed by atoms with Gasteiger partial charge in [0.05, 0.1) is 17.8 Å². The second-order valence-corrected chi connectivity index (χ2v) is 8.34. The number of methoxy groups -OCH3 is 1. The van der Waals surface area contributed by atoms with Crippen LogP contribution in [0.3, 0.4) is 0 Å². The van der Waals surface area contributed by atoms with Gasteiger partial charge in [-0.25, -0.2) is 13.4 Å². The molecule has 1 aliphatic heterocycles. The Kier molecular flexibility index (Phi) is 4.86. The van der Waals surface area contributed by atoms with Crippen LogP contribution in [-0.2, 0) is 29.3 Å². The molecular formula is C16H18ClN3O4S. The van der Waals surface area contributed by atoms with Crippen molar-refractivity contribution in [2.45, 2.75) is 24.7 Å². The zero-order chi connectivity index (χ0) is 18.2. The van der Waals surface area contributed by atoms with E-state index in [1.807, 2.05) is 12.1 Å². The first kappa shape index (κ1) is 17.9. The molecule has 1 aliphatic rings. The fourth-order valence-electron chi connectivity index (χ4n) is 2.85. The molecule has 1 aromatic heterocycles. The SMILES string of the molecule is COc1ccc(CN2CCc3c(nc(S(C)(=O)=O)[nH]c3=O)C2)cc1Cl. The number of hydrogen-bond donors (Lipinski definition) is 1. The van der Waals surface area contributed by atoms with Gasteiger partial charge in [0, 0.05) is 31.5 Å². The zero-order valence-corrected chi connectivity index (χ0v) is 15.4. The van der Waals surface area contributed by atoms with Crippen LogP contribution in [0.2, 0.25) is 5.02 Å². The highest BCUT2D eigenvalue weighted by atomic mass is 35.5. The predicted molar refractivity (Wildman–Crippen MR) is 93.8 cm³/mol. The summed E-state index contributed by atoms with van der Waals surface area (Å²) in [6, 6.07) is 5.57. The summed E-state index contributed by atoms with van der Waals surface area (Å²) in [7, 11) is -2.00. The molecule has 134 valence electrons. The lowest BCUT2D eigenvalue weighted by Gasteiger charge is -2.27. The number of rotatable bonds is 4. The minimum atomic E-state index is -3.57. The highest BCUT2D eigenvalue weighted by molar-refractivity contribution is 7.90. The Morgan fingerprint density at radius 2 is 2.16 bits per heavy atom. The summed E-state index contributed by atoms with van der Waals surface area (Å²) in [5.41, 5.74) is 1.69. The summed E-state index contributed by atoms with van der Waals surface area (Å²) >= 11 is 6.15. The van der Waals surface area contributed by atoms with Crippen LogP contribution in [0.25, 0.3) is 0 Å². The predicted octanol–water partition coefficient (Wildman–Crippen LogP) is 1.39. The van der Waals surface area contributed by atoms with E-state index in [-0.39, 0.29) is 10.7 Å². The molecule has 9 heteroatoms. The van der Waals surface area contributed by atoms with E-state index in [2.05, 4.69) is 14.9 Å². The number of halogens is 1. The van der Waals surface area contributed by atoms with Gasteiger partial charge in [0.2, 0.25) is 15.0 Å². The molecule has 3 rings (SSSR count). The molecule has 2 aromatic rings. The maximum absolute atomic E-state index is 12.1. The molecule has 0 fully saturated rings. The lowest BCUT2D eigenvalue weighted by atomic mass is 10.1. The first-order valence-electron chi connectivity index (χ1n) is 7.65. The van der Waals surface area contributed by atoms with Crippen molar-refractivity contribution >= 4 is 21.4 Å². The van der Waals surface area contributed by atoms with E-state index in [1.54, 1.807) is 13.2 Å². The molecule has 0 saturated carbocycles. The van der Waals surface area contributed by atoms with Crippen molar-refractivity contribution in [3.63, 3.8) is 0 Å². The van der Waals surface area contributed by atoms with Crippen LogP contribution in [0.1, 0.15) is 16.8 Å². The van der Waals surface area contributed by atoms with Gasteiger partial charge >= 0.3 is 0 Å². The number of aromatic amines is 1. The number of sulfone groups is 1. The van der Waals surface area contributed by atoms with Gasteiger partial charge < -0.3 is 4.74 Å². The molecule has 0 bridgehead atoms. The lowest BCUT2D eigenvalue weighted by Crippen LogP contribution is -2.35. The van der Waals surface area contributed by atoms with E-state index in [4.69, 9.17) is 16.3 Å². The van der Waals surface area contributed by atoms with E-state index >= 15 is 0 Å². The number of aromatic nitrogens is 2. The maximum atomic E-state index is 12.1. The molecule has 0 atom stereocenters. The molecular weight excluding hydrogens is 366 g/mol. The van der Waals surface area contributed by atoms with Crippen molar-refractivity contribution in [1.82, 2.24) is 14.9 Å². The van der Waals surface area contributed by atoms with Gasteiger partial charge in [-0.1, -0.05) is 17.7 Å². The maximum Gasteiger partial charge on any atom is 0.255 e. The van der Waals surface area contributed by atoms with Gasteiger partial charge in [-0.05, 0) is 24.1 Å². The Hall–Kier alpha value is -1.90. The minimum absolute atomic E-state index is 0.286. The van der Waals surface area contributed by atoms with E-state index in [0.29, 0.717) is 48.1 Å². The molecule has 0 saturated heterocycles. The smallest absolute Gasteiger partial charge is 0.255 e. The lowest BCUT2D eigenvalue weighted by molar-refractivity contribution is 0.239. The second kappa shape index (κ2) is 6.78. The standard InChI is InChI=1S/C16H18ClN3O4S/c1-24-14-4-3-10(7-12(14)17)8-20-6-5-11-13(9-20)18-16(19-15(11)21)25(2,22)23/h3-4,7H,5-6,8-9H2,1-2H3,(H,18,19,21). The Balaban J connectivity index is 1.84. The zero-order valence-electron chi connectivity index (χ0n) is 13.9. The fraction of sp³-hybridized carbons (Fsp3) is 0.375. The van der Waals surface area contributed by atoms with Gasteiger partial charge in [0.15, 0.2) is 0 Å². The molecule has 0 spiro atoms. The van der Waals surface area contributed by atoms with Gasteiger partial charge in [0.1, 0.15) is 5.75 Å². The van der Waals surface area contributed by atoms with Crippen molar-refractivity contribution in [1.29, 1.82) is 0 Å². The van der Waals surface area contributed by atoms with E-state index in [1.165, 1.54) is 0 Å². The summed E-state index contributed by atoms with van der Waals surface area (Å²) in [5, 5.41) is 0.247. The van der Waals surface area contributed by atoms with E-state index in [0.717, 1.165) is 11.8 Å². The highest BCUT2D eigenvalue weighted by Crippen LogP contribution is 2.26. The first-order chi connectivity index (χ1) is 11.8. The van der Waals surface area contributed by atoms with E-state index in [9.17, 15) is 13.2 Å². The highest BCUT2D eigenvalue weighted by Gasteiger charge is 2.23. The van der Waals surface area contributed by atoms with Crippen LogP contribution >= 0.6 is 11.6 Å². The van der Waals surface area contributed by atoms with Crippen LogP contribution < -0.4 is 10.3 Å². The third-order valence-electron chi connectivity index (χ3n) is 4.10. The largest absolute Gasteiger partial charge is 0.495 e. The quantitative estimate of drug-likeness (QED) is 0.802. The fourth-order valence-corrected chi connectivity index (χ4v) is 3.68. The van der Waals surface area contributed by atoms with Crippen LogP contribution in [0.4, 0.5) is 0 Å². The number of fused-ring (bicyclic) bond motifs is 1. The summed E-state index contributed by atoms with van der Waals surface area (Å²) in [5.74, 6) is 0.611. The van der Waals surface area contributed by atoms with Crippen LogP contribution in [0.15, 0.2) is 28.2 Å². The average Bonchev–Trinajstić information content (AvgIpc) is 2.54. The van der Waals surface area contributed by atoms with Crippen molar-refractivity contribution in [2.24, 2.45) is 0 Å². The van der Waals surface area contributed by atoms with Gasteiger partial charge in [-0.15, -0.1) is 0 Å². The van der Waals surface area contributed by atoms with Gasteiger partial charge in [0.25, 0.3) is 5.56 Å². The third kappa shape index (κ3) is 3.86. The summed E-state index contributed by atoms with van der Waals surface area (Å²) in [6.07, 6.45) is 1.54. The van der Waals surface area contributed by atoms with Crippen molar-refractivity contribution in [3.05, 3.63) is 50.4 Å². The van der Waals surface area contributed by atoms with Crippen molar-refractivity contribution in [2.75, 3.05) is 19.9 Å². The molecule has 25 heavy (non-hydrogen) atoms. The van der Waals surface area contributed by atoms with Gasteiger partial charge in [-0.2, -0.15) is 0 Å². The third-order valence-corrected chi connectivity index (χ3v) is 5.30. The summed E-state index contributed by atoms with van der Waals surface area (Å²) in [6.45, 7) is 1.71. The molecule has 0 aliphatic carbocycles. The van der Waals surface area contributed by atoms with Crippen molar-refractivity contribution in [3.8, 4) is 5.75 Å². The Bertz CT molecular complexity index is 972. The molecule has 2 heterocycles. The summed E-state index contributed by atoms with van der Waals surface area (Å²) in [4.78, 5) is 20.7. The molecule has 7 nitrogen and oxygen atoms in total. The number of nitrogens with one attached hydrogen (secondary N) is 1. The van der Waals surface area contributed by atoms with Gasteiger partial charge in [-0.3, -0.25) is 14.7 Å². The minimum Gasteiger partial charge on any atom is -0.495 e. The number of H-pyrrole nitrogens is 1. The molecule has 0 amide bonds. The normalized spacial score (nSPS) is 15.0. The molecule has 1 aromatic carbocycles. The topological polar surface area (TPSA) is 92.4 Å². The van der Waals surface area contributed by atoms with Crippen molar-refractivity contribution < 1.29 is 13.2 Å². The Labute approximate surface area is 150 Å². The summed E-state index contributed by atoms with van der Waals surface area (Å²) < 4.78 is 28.5. The van der Waals surface area contributed by atoms with Crippen LogP contribution in [-0.4, -0.2) is 43.2 Å². The number of hydrogen-bond acceptors (Lipinski definition) is 6. The number of benzene rings is 1.